The molecule has 26 heavy (non-hydrogen) atoms. The zero-order valence-electron chi connectivity index (χ0n) is 14.4. The van der Waals surface area contributed by atoms with Crippen molar-refractivity contribution in [3.8, 4) is 11.5 Å². The molecule has 4 rings (SSSR count). The van der Waals surface area contributed by atoms with Crippen LogP contribution in [0.4, 0.5) is 5.69 Å². The number of halogens is 1. The van der Waals surface area contributed by atoms with Gasteiger partial charge in [0.25, 0.3) is 0 Å². The first-order valence-corrected chi connectivity index (χ1v) is 9.43. The lowest BCUT2D eigenvalue weighted by atomic mass is 9.80. The molecule has 0 unspecified atom stereocenters. The second-order valence-corrected chi connectivity index (χ2v) is 7.46. The van der Waals surface area contributed by atoms with Gasteiger partial charge in [0.2, 0.25) is 0 Å². The molecule has 0 aromatic heterocycles. The Bertz CT molecular complexity index is 924. The number of para-hydroxylation sites is 1. The Morgan fingerprint density at radius 3 is 2.50 bits per heavy atom. The Balaban J connectivity index is 1.80. The van der Waals surface area contributed by atoms with Gasteiger partial charge in [-0.1, -0.05) is 46.3 Å². The maximum atomic E-state index is 10.5. The van der Waals surface area contributed by atoms with E-state index < -0.39 is 0 Å². The van der Waals surface area contributed by atoms with E-state index in [4.69, 9.17) is 4.74 Å². The van der Waals surface area contributed by atoms with E-state index in [2.05, 4.69) is 57.6 Å². The summed E-state index contributed by atoms with van der Waals surface area (Å²) in [6.45, 7) is 0. The lowest BCUT2D eigenvalue weighted by Gasteiger charge is -2.34. The summed E-state index contributed by atoms with van der Waals surface area (Å²) < 4.78 is 6.49. The summed E-state index contributed by atoms with van der Waals surface area (Å²) in [4.78, 5) is 0. The normalized spacial score (nSPS) is 18.7. The van der Waals surface area contributed by atoms with E-state index in [1.807, 2.05) is 24.3 Å². The molecule has 0 saturated heterocycles. The number of ether oxygens (including phenoxy) is 1. The van der Waals surface area contributed by atoms with Gasteiger partial charge in [0.15, 0.2) is 0 Å². The van der Waals surface area contributed by atoms with Crippen molar-refractivity contribution in [2.75, 3.05) is 12.4 Å². The molecular formula is C22H20BrNO2. The fraction of sp³-hybridized carbons (Fsp3) is 0.182. The Labute approximate surface area is 161 Å². The maximum Gasteiger partial charge on any atom is 0.119 e. The molecule has 0 fully saturated rings. The molecule has 0 spiro atoms. The van der Waals surface area contributed by atoms with Gasteiger partial charge in [-0.3, -0.25) is 0 Å². The summed E-state index contributed by atoms with van der Waals surface area (Å²) in [7, 11) is 1.68. The third-order valence-corrected chi connectivity index (χ3v) is 5.55. The highest BCUT2D eigenvalue weighted by molar-refractivity contribution is 9.10. The van der Waals surface area contributed by atoms with Crippen molar-refractivity contribution in [1.29, 1.82) is 0 Å². The van der Waals surface area contributed by atoms with E-state index in [0.29, 0.717) is 5.75 Å². The summed E-state index contributed by atoms with van der Waals surface area (Å²) in [5.41, 5.74) is 4.41. The summed E-state index contributed by atoms with van der Waals surface area (Å²) in [5, 5.41) is 14.1. The topological polar surface area (TPSA) is 41.5 Å². The van der Waals surface area contributed by atoms with Crippen LogP contribution in [0.25, 0.3) is 0 Å². The molecule has 132 valence electrons. The van der Waals surface area contributed by atoms with Gasteiger partial charge in [0.1, 0.15) is 11.5 Å². The minimum absolute atomic E-state index is 0.0937. The number of benzene rings is 3. The van der Waals surface area contributed by atoms with Crippen molar-refractivity contribution >= 4 is 21.6 Å². The third kappa shape index (κ3) is 3.17. The van der Waals surface area contributed by atoms with Crippen molar-refractivity contribution in [3.63, 3.8) is 0 Å². The van der Waals surface area contributed by atoms with Crippen LogP contribution in [0.2, 0.25) is 0 Å². The minimum atomic E-state index is 0.0937. The van der Waals surface area contributed by atoms with E-state index in [1.54, 1.807) is 13.2 Å². The highest BCUT2D eigenvalue weighted by Crippen LogP contribution is 2.46. The molecule has 3 nitrogen and oxygen atoms in total. The van der Waals surface area contributed by atoms with Gasteiger partial charge >= 0.3 is 0 Å². The lowest BCUT2D eigenvalue weighted by Crippen LogP contribution is -2.22. The van der Waals surface area contributed by atoms with Crippen molar-refractivity contribution in [3.05, 3.63) is 87.9 Å². The second-order valence-electron chi connectivity index (χ2n) is 6.55. The molecular weight excluding hydrogens is 390 g/mol. The number of hydrogen-bond donors (Lipinski definition) is 2. The largest absolute Gasteiger partial charge is 0.508 e. The zero-order chi connectivity index (χ0) is 18.1. The number of phenolic OH excluding ortho intramolecular Hbond substituents is 1. The number of anilines is 1. The summed E-state index contributed by atoms with van der Waals surface area (Å²) >= 11 is 3.50. The quantitative estimate of drug-likeness (QED) is 0.569. The number of hydrogen-bond acceptors (Lipinski definition) is 3. The fourth-order valence-corrected chi connectivity index (χ4v) is 3.95. The summed E-state index contributed by atoms with van der Waals surface area (Å²) in [6.07, 6.45) is 0.860. The predicted molar refractivity (Wildman–Crippen MR) is 108 cm³/mol. The average Bonchev–Trinajstić information content (AvgIpc) is 2.68. The van der Waals surface area contributed by atoms with Crippen LogP contribution in [0, 0.1) is 0 Å². The van der Waals surface area contributed by atoms with Crippen LogP contribution in [0.15, 0.2) is 71.2 Å². The SMILES string of the molecule is COc1ccc2c(c1)[C@@H](c1ccccc1O)C[C@@H](c1ccc(Br)cc1)N2. The van der Waals surface area contributed by atoms with Gasteiger partial charge in [0.05, 0.1) is 13.2 Å². The molecule has 0 bridgehead atoms. The van der Waals surface area contributed by atoms with E-state index >= 15 is 0 Å². The molecule has 0 amide bonds. The molecule has 0 aliphatic carbocycles. The number of nitrogens with one attached hydrogen (secondary N) is 1. The molecule has 1 aliphatic rings. The number of fused-ring (bicyclic) bond motifs is 1. The Kier molecular flexibility index (Phi) is 4.60. The first-order chi connectivity index (χ1) is 12.7. The van der Waals surface area contributed by atoms with Crippen LogP contribution in [-0.4, -0.2) is 12.2 Å². The smallest absolute Gasteiger partial charge is 0.119 e. The molecule has 2 N–H and O–H groups in total. The second kappa shape index (κ2) is 7.04. The predicted octanol–water partition coefficient (Wildman–Crippen LogP) is 5.85. The molecule has 2 atom stereocenters. The van der Waals surface area contributed by atoms with Crippen LogP contribution < -0.4 is 10.1 Å². The number of rotatable bonds is 3. The lowest BCUT2D eigenvalue weighted by molar-refractivity contribution is 0.413. The van der Waals surface area contributed by atoms with E-state index in [1.165, 1.54) is 5.56 Å². The van der Waals surface area contributed by atoms with Crippen molar-refractivity contribution in [2.45, 2.75) is 18.4 Å². The highest BCUT2D eigenvalue weighted by Gasteiger charge is 2.30. The van der Waals surface area contributed by atoms with Crippen molar-refractivity contribution < 1.29 is 9.84 Å². The van der Waals surface area contributed by atoms with Gasteiger partial charge in [-0.2, -0.15) is 0 Å². The first kappa shape index (κ1) is 17.0. The average molecular weight is 410 g/mol. The van der Waals surface area contributed by atoms with Crippen LogP contribution in [0.3, 0.4) is 0 Å². The fourth-order valence-electron chi connectivity index (χ4n) is 3.69. The first-order valence-electron chi connectivity index (χ1n) is 8.63. The Hall–Kier alpha value is -2.46. The van der Waals surface area contributed by atoms with Crippen molar-refractivity contribution in [1.82, 2.24) is 0 Å². The van der Waals surface area contributed by atoms with Gasteiger partial charge in [-0.15, -0.1) is 0 Å². The van der Waals surface area contributed by atoms with Crippen LogP contribution in [0.1, 0.15) is 35.1 Å². The van der Waals surface area contributed by atoms with Gasteiger partial charge in [0, 0.05) is 21.6 Å². The van der Waals surface area contributed by atoms with Crippen LogP contribution in [0.5, 0.6) is 11.5 Å². The standard InChI is InChI=1S/C22H20BrNO2/c1-26-16-10-11-20-19(12-16)18(17-4-2-3-5-22(17)25)13-21(24-20)14-6-8-15(23)9-7-14/h2-12,18,21,24-25H,13H2,1H3/t18-,21+/m1/s1. The summed E-state index contributed by atoms with van der Waals surface area (Å²) in [5.74, 6) is 1.26. The highest BCUT2D eigenvalue weighted by atomic mass is 79.9. The van der Waals surface area contributed by atoms with E-state index in [9.17, 15) is 5.11 Å². The number of phenols is 1. The molecule has 4 heteroatoms. The van der Waals surface area contributed by atoms with Crippen molar-refractivity contribution in [2.24, 2.45) is 0 Å². The molecule has 0 saturated carbocycles. The Morgan fingerprint density at radius 2 is 1.77 bits per heavy atom. The molecule has 3 aromatic rings. The summed E-state index contributed by atoms with van der Waals surface area (Å²) in [6, 6.07) is 22.3. The Morgan fingerprint density at radius 1 is 1.00 bits per heavy atom. The van der Waals surface area contributed by atoms with E-state index in [-0.39, 0.29) is 12.0 Å². The number of aromatic hydroxyl groups is 1. The molecule has 1 aliphatic heterocycles. The maximum absolute atomic E-state index is 10.5. The zero-order valence-corrected chi connectivity index (χ0v) is 16.0. The van der Waals surface area contributed by atoms with Gasteiger partial charge in [-0.25, -0.2) is 0 Å². The van der Waals surface area contributed by atoms with Crippen LogP contribution >= 0.6 is 15.9 Å². The van der Waals surface area contributed by atoms with E-state index in [0.717, 1.165) is 33.5 Å². The minimum Gasteiger partial charge on any atom is -0.508 e. The molecule has 3 aromatic carbocycles. The molecule has 1 heterocycles. The monoisotopic (exact) mass is 409 g/mol. The number of methoxy groups -OCH3 is 1. The van der Waals surface area contributed by atoms with Crippen LogP contribution in [-0.2, 0) is 0 Å². The van der Waals surface area contributed by atoms with Gasteiger partial charge in [-0.05, 0) is 53.9 Å². The van der Waals surface area contributed by atoms with Gasteiger partial charge < -0.3 is 15.2 Å². The molecule has 0 radical (unpaired) electrons. The third-order valence-electron chi connectivity index (χ3n) is 5.02.